The van der Waals surface area contributed by atoms with Gasteiger partial charge in [-0.3, -0.25) is 0 Å². The zero-order valence-electron chi connectivity index (χ0n) is 13.4. The molecular weight excluding hydrogens is 346 g/mol. The van der Waals surface area contributed by atoms with Gasteiger partial charge in [0.25, 0.3) is 0 Å². The summed E-state index contributed by atoms with van der Waals surface area (Å²) in [6, 6.07) is 0. The molecule has 0 atom stereocenters. The zero-order chi connectivity index (χ0) is 12.7. The molecule has 0 amide bonds. The van der Waals surface area contributed by atoms with Crippen molar-refractivity contribution in [1.29, 1.82) is 0 Å². The maximum atomic E-state index is 1.50. The predicted molar refractivity (Wildman–Crippen MR) is 89.8 cm³/mol. The van der Waals surface area contributed by atoms with Gasteiger partial charge in [-0.15, -0.1) is 0 Å². The fraction of sp³-hybridized carbons (Fsp3) is 1.00. The van der Waals surface area contributed by atoms with Gasteiger partial charge in [-0.1, -0.05) is 123 Å². The summed E-state index contributed by atoms with van der Waals surface area (Å²) in [4.78, 5) is 0. The molecule has 0 aromatic rings. The van der Waals surface area contributed by atoms with Crippen molar-refractivity contribution >= 4 is 0 Å². The minimum Gasteiger partial charge on any atom is -0.0776 e. The maximum absolute atomic E-state index is 1.50. The van der Waals surface area contributed by atoms with Crippen molar-refractivity contribution in [1.82, 2.24) is 0 Å². The van der Waals surface area contributed by atoms with E-state index in [1.165, 1.54) is 116 Å². The quantitative estimate of drug-likeness (QED) is 0.401. The summed E-state index contributed by atoms with van der Waals surface area (Å²) in [5.74, 6) is 0. The molecule has 2 radical (unpaired) electrons. The molecule has 3 fully saturated rings. The van der Waals surface area contributed by atoms with Crippen LogP contribution in [0.25, 0.3) is 0 Å². The summed E-state index contributed by atoms with van der Waals surface area (Å²) in [5, 5.41) is 0. The third-order valence-corrected chi connectivity index (χ3v) is 4.50. The van der Waals surface area contributed by atoms with Crippen LogP contribution in [0.2, 0.25) is 0 Å². The van der Waals surface area contributed by atoms with Gasteiger partial charge in [-0.2, -0.15) is 0 Å². The summed E-state index contributed by atoms with van der Waals surface area (Å²) < 4.78 is 0. The van der Waals surface area contributed by atoms with Crippen molar-refractivity contribution in [2.75, 3.05) is 0 Å². The molecule has 2 heteroatoms. The molecule has 0 aromatic heterocycles. The number of hydrogen-bond donors (Lipinski definition) is 0. The molecule has 0 heterocycles. The minimum absolute atomic E-state index is 0. The van der Waals surface area contributed by atoms with Crippen LogP contribution in [-0.4, -0.2) is 0 Å². The number of rotatable bonds is 0. The molecule has 3 aliphatic carbocycles. The van der Waals surface area contributed by atoms with Crippen molar-refractivity contribution < 1.29 is 33.6 Å². The van der Waals surface area contributed by atoms with Crippen molar-refractivity contribution in [3.63, 3.8) is 0 Å². The molecule has 0 saturated heterocycles. The molecule has 0 bridgehead atoms. The Kier molecular flexibility index (Phi) is 29.8. The molecule has 3 aliphatic rings. The second-order valence-corrected chi connectivity index (χ2v) is 6.36. The molecule has 21 heavy (non-hydrogen) atoms. The molecule has 0 unspecified atom stereocenters. The molecule has 0 nitrogen and oxygen atoms in total. The third-order valence-electron chi connectivity index (χ3n) is 4.50. The van der Waals surface area contributed by atoms with Crippen molar-refractivity contribution in [2.24, 2.45) is 0 Å². The molecule has 3 saturated carbocycles. The van der Waals surface area contributed by atoms with Crippen LogP contribution in [0.3, 0.4) is 0 Å². The average molecular weight is 386 g/mol. The Morgan fingerprint density at radius 3 is 0.286 bits per heavy atom. The van der Waals surface area contributed by atoms with E-state index in [0.29, 0.717) is 0 Å². The summed E-state index contributed by atoms with van der Waals surface area (Å²) in [6.45, 7) is 0. The molecule has 0 spiro atoms. The standard InChI is InChI=1S/3C6H12.CH4.2Co/c3*1-2-4-6-5-3-1;;;/h3*1-6H2;1H4;;/q;;;;2*+2. The van der Waals surface area contributed by atoms with Gasteiger partial charge < -0.3 is 0 Å². The molecule has 130 valence electrons. The Morgan fingerprint density at radius 1 is 0.190 bits per heavy atom. The average Bonchev–Trinajstić information content (AvgIpc) is 2.54. The third kappa shape index (κ3) is 21.0. The summed E-state index contributed by atoms with van der Waals surface area (Å²) >= 11 is 0. The fourth-order valence-electron chi connectivity index (χ4n) is 3.18. The molecule has 0 aliphatic heterocycles. The first kappa shape index (κ1) is 26.9. The van der Waals surface area contributed by atoms with E-state index in [1.54, 1.807) is 0 Å². The van der Waals surface area contributed by atoms with E-state index in [-0.39, 0.29) is 41.0 Å². The Labute approximate surface area is 156 Å². The summed E-state index contributed by atoms with van der Waals surface area (Å²) in [5.41, 5.74) is 0. The number of hydrogen-bond acceptors (Lipinski definition) is 0. The van der Waals surface area contributed by atoms with Gasteiger partial charge in [-0.05, 0) is 0 Å². The van der Waals surface area contributed by atoms with E-state index in [0.717, 1.165) is 0 Å². The van der Waals surface area contributed by atoms with Crippen LogP contribution < -0.4 is 0 Å². The van der Waals surface area contributed by atoms with Gasteiger partial charge in [0.1, 0.15) is 0 Å². The monoisotopic (exact) mass is 386 g/mol. The topological polar surface area (TPSA) is 0 Å². The van der Waals surface area contributed by atoms with Gasteiger partial charge in [-0.25, -0.2) is 0 Å². The van der Waals surface area contributed by atoms with Gasteiger partial charge in [0.05, 0.1) is 0 Å². The smallest absolute Gasteiger partial charge is 0.0776 e. The molecule has 0 N–H and O–H groups in total. The Hall–Kier alpha value is 1.01. The van der Waals surface area contributed by atoms with E-state index in [2.05, 4.69) is 0 Å². The van der Waals surface area contributed by atoms with Gasteiger partial charge in [0, 0.05) is 0 Å². The normalized spacial score (nSPS) is 20.6. The molecular formula is C19H40Co2+4. The van der Waals surface area contributed by atoms with E-state index < -0.39 is 0 Å². The minimum atomic E-state index is 0. The first-order valence-electron chi connectivity index (χ1n) is 9.00. The van der Waals surface area contributed by atoms with E-state index in [9.17, 15) is 0 Å². The van der Waals surface area contributed by atoms with E-state index in [4.69, 9.17) is 0 Å². The van der Waals surface area contributed by atoms with Crippen LogP contribution in [-0.2, 0) is 33.6 Å². The Bertz CT molecular complexity index is 84.6. The van der Waals surface area contributed by atoms with Crippen LogP contribution in [0, 0.1) is 0 Å². The van der Waals surface area contributed by atoms with E-state index in [1.807, 2.05) is 0 Å². The zero-order valence-corrected chi connectivity index (χ0v) is 15.5. The van der Waals surface area contributed by atoms with Crippen LogP contribution in [0.4, 0.5) is 0 Å². The van der Waals surface area contributed by atoms with Crippen molar-refractivity contribution in [3.8, 4) is 0 Å². The first-order chi connectivity index (χ1) is 9.00. The van der Waals surface area contributed by atoms with E-state index >= 15 is 0 Å². The van der Waals surface area contributed by atoms with Gasteiger partial charge in [0.2, 0.25) is 0 Å². The van der Waals surface area contributed by atoms with Gasteiger partial charge in [0.15, 0.2) is 0 Å². The first-order valence-corrected chi connectivity index (χ1v) is 9.00. The van der Waals surface area contributed by atoms with Crippen LogP contribution in [0.1, 0.15) is 123 Å². The summed E-state index contributed by atoms with van der Waals surface area (Å²) in [7, 11) is 0. The van der Waals surface area contributed by atoms with Gasteiger partial charge >= 0.3 is 33.6 Å². The SMILES string of the molecule is C.C1CCCCC1.C1CCCCC1.C1CCCCC1.[Co+2].[Co+2]. The Balaban J connectivity index is -0.000000216. The fourth-order valence-corrected chi connectivity index (χ4v) is 3.18. The second kappa shape index (κ2) is 23.3. The Morgan fingerprint density at radius 2 is 0.238 bits per heavy atom. The molecule has 0 aromatic carbocycles. The largest absolute Gasteiger partial charge is 2.00 e. The molecule has 3 rings (SSSR count). The van der Waals surface area contributed by atoms with Crippen molar-refractivity contribution in [2.45, 2.75) is 123 Å². The summed E-state index contributed by atoms with van der Waals surface area (Å²) in [6.07, 6.45) is 27.0. The van der Waals surface area contributed by atoms with Crippen LogP contribution in [0.15, 0.2) is 0 Å². The van der Waals surface area contributed by atoms with Crippen LogP contribution >= 0.6 is 0 Å². The van der Waals surface area contributed by atoms with Crippen molar-refractivity contribution in [3.05, 3.63) is 0 Å². The van der Waals surface area contributed by atoms with Crippen LogP contribution in [0.5, 0.6) is 0 Å². The predicted octanol–water partition coefficient (Wildman–Crippen LogP) is 7.65. The maximum Gasteiger partial charge on any atom is 2.00 e. The second-order valence-electron chi connectivity index (χ2n) is 6.36.